The molecule has 0 bridgehead atoms. The van der Waals surface area contributed by atoms with Crippen LogP contribution in [-0.2, 0) is 4.74 Å². The molecule has 0 aliphatic carbocycles. The van der Waals surface area contributed by atoms with Crippen molar-refractivity contribution in [1.29, 1.82) is 0 Å². The van der Waals surface area contributed by atoms with Crippen LogP contribution in [0.25, 0.3) is 28.1 Å². The van der Waals surface area contributed by atoms with E-state index < -0.39 is 0 Å². The minimum Gasteiger partial charge on any atom is -0.496 e. The minimum absolute atomic E-state index is 0.233. The first-order valence-corrected chi connectivity index (χ1v) is 9.12. The van der Waals surface area contributed by atoms with Crippen LogP contribution in [0.5, 0.6) is 0 Å². The molecule has 4 rings (SSSR count). The monoisotopic (exact) mass is 354 g/mol. The number of benzene rings is 2. The number of ether oxygens (including phenoxy) is 1. The van der Waals surface area contributed by atoms with Gasteiger partial charge in [-0.1, -0.05) is 42.8 Å². The van der Waals surface area contributed by atoms with Crippen LogP contribution >= 0.6 is 0 Å². The van der Waals surface area contributed by atoms with E-state index in [1.165, 1.54) is 5.56 Å². The van der Waals surface area contributed by atoms with E-state index in [2.05, 4.69) is 78.4 Å². The third-order valence-corrected chi connectivity index (χ3v) is 4.76. The molecule has 134 valence electrons. The molecule has 0 radical (unpaired) electrons. The topological polar surface area (TPSA) is 34.5 Å². The van der Waals surface area contributed by atoms with Gasteiger partial charge >= 0.3 is 0 Å². The van der Waals surface area contributed by atoms with E-state index in [0.29, 0.717) is 0 Å². The van der Waals surface area contributed by atoms with Crippen LogP contribution < -0.4 is 0 Å². The molecule has 1 aromatic heterocycles. The maximum atomic E-state index is 5.65. The van der Waals surface area contributed by atoms with E-state index in [1.54, 1.807) is 7.11 Å². The molecule has 1 aliphatic rings. The molecule has 0 saturated heterocycles. The van der Waals surface area contributed by atoms with Crippen molar-refractivity contribution in [1.82, 2.24) is 4.98 Å². The Morgan fingerprint density at radius 3 is 2.63 bits per heavy atom. The number of nitrogens with zero attached hydrogens (tertiary/aromatic N) is 2. The number of hydrogen-bond acceptors (Lipinski definition) is 3. The second-order valence-corrected chi connectivity index (χ2v) is 6.87. The highest BCUT2D eigenvalue weighted by atomic mass is 16.5. The first-order valence-electron chi connectivity index (χ1n) is 9.12. The van der Waals surface area contributed by atoms with Gasteiger partial charge < -0.3 is 4.74 Å². The molecular formula is C24H22N2O. The van der Waals surface area contributed by atoms with E-state index in [1.807, 2.05) is 18.5 Å². The van der Waals surface area contributed by atoms with Crippen LogP contribution in [0.3, 0.4) is 0 Å². The van der Waals surface area contributed by atoms with Crippen LogP contribution in [-0.4, -0.2) is 18.3 Å². The average Bonchev–Trinajstić information content (AvgIpc) is 2.86. The maximum absolute atomic E-state index is 5.65. The van der Waals surface area contributed by atoms with E-state index in [4.69, 9.17) is 4.74 Å². The fourth-order valence-corrected chi connectivity index (χ4v) is 3.42. The molecule has 0 amide bonds. The van der Waals surface area contributed by atoms with Gasteiger partial charge in [-0.25, -0.2) is 0 Å². The quantitative estimate of drug-likeness (QED) is 0.572. The van der Waals surface area contributed by atoms with E-state index in [0.717, 1.165) is 39.4 Å². The lowest BCUT2D eigenvalue weighted by Crippen LogP contribution is -1.93. The lowest BCUT2D eigenvalue weighted by Gasteiger charge is -2.13. The van der Waals surface area contributed by atoms with E-state index in [-0.39, 0.29) is 5.92 Å². The van der Waals surface area contributed by atoms with Crippen molar-refractivity contribution in [3.05, 3.63) is 78.0 Å². The van der Waals surface area contributed by atoms with E-state index in [9.17, 15) is 0 Å². The molecule has 0 saturated carbocycles. The molecule has 1 atom stereocenters. The van der Waals surface area contributed by atoms with Gasteiger partial charge in [-0.2, -0.15) is 0 Å². The summed E-state index contributed by atoms with van der Waals surface area (Å²) in [5, 5.41) is 0. The van der Waals surface area contributed by atoms with Crippen LogP contribution in [0.1, 0.15) is 18.1 Å². The lowest BCUT2D eigenvalue weighted by molar-refractivity contribution is 0.368. The smallest absolute Gasteiger partial charge is 0.124 e. The molecule has 3 nitrogen and oxygen atoms in total. The lowest BCUT2D eigenvalue weighted by atomic mass is 9.96. The standard InChI is InChI=1S/C24H22N2O/c1-16-6-4-7-19(12-16)24-20(8-5-11-25-24)18-9-10-22-21(14-18)23(27-3)13-17(2)15-26-22/h4-15,17H,1-3H3. The maximum Gasteiger partial charge on any atom is 0.124 e. The van der Waals surface area contributed by atoms with Crippen molar-refractivity contribution in [2.24, 2.45) is 10.9 Å². The molecule has 27 heavy (non-hydrogen) atoms. The van der Waals surface area contributed by atoms with Gasteiger partial charge in [0.25, 0.3) is 0 Å². The Morgan fingerprint density at radius 2 is 1.81 bits per heavy atom. The summed E-state index contributed by atoms with van der Waals surface area (Å²) in [4.78, 5) is 9.29. The SMILES string of the molecule is COC1=CC(C)C=Nc2ccc(-c3cccnc3-c3cccc(C)c3)cc21. The number of pyridine rings is 1. The second kappa shape index (κ2) is 7.20. The summed E-state index contributed by atoms with van der Waals surface area (Å²) in [5.41, 5.74) is 7.46. The summed E-state index contributed by atoms with van der Waals surface area (Å²) in [6.45, 7) is 4.20. The number of aryl methyl sites for hydroxylation is 1. The zero-order chi connectivity index (χ0) is 18.8. The van der Waals surface area contributed by atoms with Gasteiger partial charge in [0.05, 0.1) is 18.5 Å². The Hall–Kier alpha value is -3.20. The van der Waals surface area contributed by atoms with Gasteiger partial charge in [0, 0.05) is 35.0 Å². The van der Waals surface area contributed by atoms with Crippen LogP contribution in [0.4, 0.5) is 5.69 Å². The normalized spacial score (nSPS) is 15.7. The summed E-state index contributed by atoms with van der Waals surface area (Å²) in [7, 11) is 1.71. The number of hydrogen-bond donors (Lipinski definition) is 0. The van der Waals surface area contributed by atoms with Crippen molar-refractivity contribution in [2.75, 3.05) is 7.11 Å². The Labute approximate surface area is 160 Å². The van der Waals surface area contributed by atoms with Crippen LogP contribution in [0.2, 0.25) is 0 Å². The summed E-state index contributed by atoms with van der Waals surface area (Å²) in [6.07, 6.45) is 5.90. The number of aromatic nitrogens is 1. The Morgan fingerprint density at radius 1 is 0.926 bits per heavy atom. The first-order chi connectivity index (χ1) is 13.2. The van der Waals surface area contributed by atoms with Crippen LogP contribution in [0, 0.1) is 12.8 Å². The highest BCUT2D eigenvalue weighted by Crippen LogP contribution is 2.37. The number of rotatable bonds is 3. The van der Waals surface area contributed by atoms with Crippen molar-refractivity contribution in [3.8, 4) is 22.4 Å². The number of aliphatic imine (C=N–C) groups is 1. The van der Waals surface area contributed by atoms with Gasteiger partial charge in [0.1, 0.15) is 5.76 Å². The predicted molar refractivity (Wildman–Crippen MR) is 112 cm³/mol. The fraction of sp³-hybridized carbons (Fsp3) is 0.167. The molecule has 0 fully saturated rings. The molecule has 0 N–H and O–H groups in total. The molecule has 3 heteroatoms. The molecule has 2 aromatic carbocycles. The summed E-state index contributed by atoms with van der Waals surface area (Å²) >= 11 is 0. The third-order valence-electron chi connectivity index (χ3n) is 4.76. The third kappa shape index (κ3) is 3.41. The Balaban J connectivity index is 1.87. The summed E-state index contributed by atoms with van der Waals surface area (Å²) in [5.74, 6) is 1.09. The average molecular weight is 354 g/mol. The summed E-state index contributed by atoms with van der Waals surface area (Å²) < 4.78 is 5.65. The van der Waals surface area contributed by atoms with Crippen molar-refractivity contribution >= 4 is 17.7 Å². The molecule has 1 unspecified atom stereocenters. The number of methoxy groups -OCH3 is 1. The van der Waals surface area contributed by atoms with Gasteiger partial charge in [0.2, 0.25) is 0 Å². The van der Waals surface area contributed by atoms with Gasteiger partial charge in [0.15, 0.2) is 0 Å². The molecular weight excluding hydrogens is 332 g/mol. The molecule has 2 heterocycles. The first kappa shape index (κ1) is 17.2. The number of fused-ring (bicyclic) bond motifs is 1. The van der Waals surface area contributed by atoms with Crippen molar-refractivity contribution in [2.45, 2.75) is 13.8 Å². The van der Waals surface area contributed by atoms with Crippen molar-refractivity contribution in [3.63, 3.8) is 0 Å². The molecule has 3 aromatic rings. The van der Waals surface area contributed by atoms with Gasteiger partial charge in [-0.3, -0.25) is 9.98 Å². The Bertz CT molecular complexity index is 1050. The van der Waals surface area contributed by atoms with Crippen molar-refractivity contribution < 1.29 is 4.74 Å². The number of allylic oxidation sites excluding steroid dienone is 1. The molecule has 1 aliphatic heterocycles. The highest BCUT2D eigenvalue weighted by Gasteiger charge is 2.16. The predicted octanol–water partition coefficient (Wildman–Crippen LogP) is 6.06. The Kier molecular flexibility index (Phi) is 4.59. The van der Waals surface area contributed by atoms with E-state index >= 15 is 0 Å². The van der Waals surface area contributed by atoms with Gasteiger partial charge in [-0.05, 0) is 42.8 Å². The minimum atomic E-state index is 0.233. The highest BCUT2D eigenvalue weighted by molar-refractivity contribution is 5.87. The largest absolute Gasteiger partial charge is 0.496 e. The fourth-order valence-electron chi connectivity index (χ4n) is 3.42. The molecule has 0 spiro atoms. The summed E-state index contributed by atoms with van der Waals surface area (Å²) in [6, 6.07) is 18.9. The van der Waals surface area contributed by atoms with Gasteiger partial charge in [-0.15, -0.1) is 0 Å². The second-order valence-electron chi connectivity index (χ2n) is 6.87. The zero-order valence-corrected chi connectivity index (χ0v) is 15.8. The van der Waals surface area contributed by atoms with Crippen LogP contribution in [0.15, 0.2) is 71.9 Å². The zero-order valence-electron chi connectivity index (χ0n) is 15.8.